The Balaban J connectivity index is 2.08. The Morgan fingerprint density at radius 3 is 2.24 bits per heavy atom. The Morgan fingerprint density at radius 1 is 1.12 bits per heavy atom. The van der Waals surface area contributed by atoms with Crippen LogP contribution >= 0.6 is 0 Å². The van der Waals surface area contributed by atoms with Gasteiger partial charge in [0.2, 0.25) is 22.6 Å². The zero-order chi connectivity index (χ0) is 18.2. The van der Waals surface area contributed by atoms with Crippen molar-refractivity contribution in [2.75, 3.05) is 5.43 Å². The van der Waals surface area contributed by atoms with E-state index in [9.17, 15) is 22.8 Å². The number of hydrogen-bond acceptors (Lipinski definition) is 6. The molecule has 1 N–H and O–H groups in total. The highest BCUT2D eigenvalue weighted by Gasteiger charge is 2.38. The summed E-state index contributed by atoms with van der Waals surface area (Å²) in [7, 11) is 0. The Kier molecular flexibility index (Phi) is 4.11. The number of fused-ring (bicyclic) bond motifs is 1. The van der Waals surface area contributed by atoms with Gasteiger partial charge in [0.05, 0.1) is 0 Å². The van der Waals surface area contributed by atoms with Gasteiger partial charge in [0.1, 0.15) is 0 Å². The van der Waals surface area contributed by atoms with E-state index in [-0.39, 0.29) is 23.3 Å². The molecule has 0 aliphatic carbocycles. The number of benzene rings is 1. The van der Waals surface area contributed by atoms with E-state index in [1.807, 2.05) is 0 Å². The standard InChI is InChI=1S/C15H12F3N5O2/c1-2-7-23-13(15(16,17)18)20-22-14(23)21-19-10-11(24)8-5-3-4-6-9(8)12(10)25/h3-6H,2,7H2,1H3,(H,21,22). The topological polar surface area (TPSA) is 89.2 Å². The minimum atomic E-state index is -4.68. The maximum Gasteiger partial charge on any atom is 0.451 e. The van der Waals surface area contributed by atoms with Crippen LogP contribution in [0.25, 0.3) is 10.8 Å². The second-order valence-electron chi connectivity index (χ2n) is 5.27. The van der Waals surface area contributed by atoms with Gasteiger partial charge in [-0.1, -0.05) is 31.2 Å². The smallest absolute Gasteiger partial charge is 0.288 e. The first-order valence-electron chi connectivity index (χ1n) is 7.37. The van der Waals surface area contributed by atoms with Crippen LogP contribution < -0.4 is 21.6 Å². The highest BCUT2D eigenvalue weighted by molar-refractivity contribution is 5.83. The van der Waals surface area contributed by atoms with E-state index in [2.05, 4.69) is 20.7 Å². The summed E-state index contributed by atoms with van der Waals surface area (Å²) in [5.74, 6) is -1.47. The van der Waals surface area contributed by atoms with Gasteiger partial charge in [-0.05, 0) is 6.42 Å². The molecule has 0 unspecified atom stereocenters. The summed E-state index contributed by atoms with van der Waals surface area (Å²) in [6, 6.07) is 6.18. The Hall–Kier alpha value is -3.04. The van der Waals surface area contributed by atoms with Gasteiger partial charge in [0.25, 0.3) is 0 Å². The van der Waals surface area contributed by atoms with Crippen LogP contribution in [0.2, 0.25) is 0 Å². The van der Waals surface area contributed by atoms with E-state index < -0.39 is 28.2 Å². The lowest BCUT2D eigenvalue weighted by molar-refractivity contribution is -0.147. The minimum absolute atomic E-state index is 0.00283. The molecule has 0 atom stereocenters. The summed E-state index contributed by atoms with van der Waals surface area (Å²) in [6.45, 7) is 1.69. The van der Waals surface area contributed by atoms with Gasteiger partial charge < -0.3 is 0 Å². The quantitative estimate of drug-likeness (QED) is 0.718. The first-order chi connectivity index (χ1) is 11.8. The molecule has 3 rings (SSSR count). The first-order valence-corrected chi connectivity index (χ1v) is 7.37. The zero-order valence-corrected chi connectivity index (χ0v) is 13.0. The second kappa shape index (κ2) is 6.11. The van der Waals surface area contributed by atoms with E-state index in [0.717, 1.165) is 4.57 Å². The molecule has 3 aromatic rings. The normalized spacial score (nSPS) is 11.8. The van der Waals surface area contributed by atoms with E-state index in [1.165, 1.54) is 12.1 Å². The molecule has 0 aliphatic heterocycles. The minimum Gasteiger partial charge on any atom is -0.288 e. The van der Waals surface area contributed by atoms with E-state index >= 15 is 0 Å². The third-order valence-electron chi connectivity index (χ3n) is 3.57. The number of halogens is 3. The number of nitrogens with one attached hydrogen (secondary N) is 1. The van der Waals surface area contributed by atoms with Crippen LogP contribution in [0.15, 0.2) is 39.0 Å². The van der Waals surface area contributed by atoms with Gasteiger partial charge in [0.15, 0.2) is 5.36 Å². The van der Waals surface area contributed by atoms with Crippen LogP contribution in [0.1, 0.15) is 19.2 Å². The summed E-state index contributed by atoms with van der Waals surface area (Å²) in [4.78, 5) is 24.4. The highest BCUT2D eigenvalue weighted by Crippen LogP contribution is 2.29. The van der Waals surface area contributed by atoms with Gasteiger partial charge >= 0.3 is 6.18 Å². The average Bonchev–Trinajstić information content (AvgIpc) is 3.07. The van der Waals surface area contributed by atoms with Crippen LogP contribution in [0.5, 0.6) is 0 Å². The summed E-state index contributed by atoms with van der Waals surface area (Å²) >= 11 is 0. The molecule has 0 radical (unpaired) electrons. The summed E-state index contributed by atoms with van der Waals surface area (Å²) in [5.41, 5.74) is 1.08. The number of alkyl halides is 3. The third kappa shape index (κ3) is 2.90. The monoisotopic (exact) mass is 351 g/mol. The number of nitrogens with zero attached hydrogens (tertiary/aromatic N) is 4. The molecule has 10 heteroatoms. The van der Waals surface area contributed by atoms with E-state index in [0.29, 0.717) is 6.42 Å². The van der Waals surface area contributed by atoms with Crippen molar-refractivity contribution >= 4 is 16.7 Å². The first kappa shape index (κ1) is 16.8. The number of hydrogen-bond donors (Lipinski definition) is 1. The van der Waals surface area contributed by atoms with Crippen molar-refractivity contribution in [3.63, 3.8) is 0 Å². The molecule has 0 saturated heterocycles. The van der Waals surface area contributed by atoms with Gasteiger partial charge in [-0.2, -0.15) is 18.3 Å². The highest BCUT2D eigenvalue weighted by atomic mass is 19.4. The number of aromatic nitrogens is 3. The predicted molar refractivity (Wildman–Crippen MR) is 83.4 cm³/mol. The van der Waals surface area contributed by atoms with Crippen molar-refractivity contribution in [2.24, 2.45) is 5.10 Å². The maximum absolute atomic E-state index is 12.9. The lowest BCUT2D eigenvalue weighted by Gasteiger charge is -2.09. The van der Waals surface area contributed by atoms with E-state index in [4.69, 9.17) is 0 Å². The van der Waals surface area contributed by atoms with Crippen molar-refractivity contribution in [3.05, 3.63) is 55.9 Å². The molecular formula is C15H12F3N5O2. The summed E-state index contributed by atoms with van der Waals surface area (Å²) < 4.78 is 39.6. The van der Waals surface area contributed by atoms with Gasteiger partial charge in [-0.15, -0.1) is 10.2 Å². The second-order valence-corrected chi connectivity index (χ2v) is 5.27. The molecule has 0 spiro atoms. The Labute approximate surface area is 138 Å². The van der Waals surface area contributed by atoms with Crippen molar-refractivity contribution < 1.29 is 13.2 Å². The molecule has 0 saturated carbocycles. The molecular weight excluding hydrogens is 339 g/mol. The lowest BCUT2D eigenvalue weighted by Crippen LogP contribution is -2.33. The van der Waals surface area contributed by atoms with Gasteiger partial charge in [-0.3, -0.25) is 14.2 Å². The molecule has 0 fully saturated rings. The van der Waals surface area contributed by atoms with Crippen molar-refractivity contribution in [2.45, 2.75) is 26.1 Å². The fourth-order valence-electron chi connectivity index (χ4n) is 2.48. The molecule has 0 amide bonds. The van der Waals surface area contributed by atoms with Gasteiger partial charge in [0, 0.05) is 17.3 Å². The SMILES string of the molecule is CCCn1c(NN=c2c(=O)c3ccccc3c2=O)nnc1C(F)(F)F. The summed E-state index contributed by atoms with van der Waals surface area (Å²) in [5, 5.41) is 10.2. The fourth-order valence-corrected chi connectivity index (χ4v) is 2.48. The predicted octanol–water partition coefficient (Wildman–Crippen LogP) is 1.38. The summed E-state index contributed by atoms with van der Waals surface area (Å²) in [6.07, 6.45) is -4.28. The molecule has 7 nitrogen and oxygen atoms in total. The molecule has 1 aromatic heterocycles. The van der Waals surface area contributed by atoms with Crippen LogP contribution in [0.4, 0.5) is 19.1 Å². The number of anilines is 1. The maximum atomic E-state index is 12.9. The Bertz CT molecular complexity index is 1030. The van der Waals surface area contributed by atoms with Crippen molar-refractivity contribution in [1.82, 2.24) is 14.8 Å². The number of rotatable bonds is 4. The van der Waals surface area contributed by atoms with Crippen molar-refractivity contribution in [1.29, 1.82) is 0 Å². The molecule has 130 valence electrons. The molecule has 2 aromatic carbocycles. The molecule has 1 heterocycles. The fraction of sp³-hybridized carbons (Fsp3) is 0.267. The van der Waals surface area contributed by atoms with Crippen LogP contribution in [0, 0.1) is 0 Å². The molecule has 0 aliphatic rings. The van der Waals surface area contributed by atoms with Crippen LogP contribution in [-0.2, 0) is 12.7 Å². The largest absolute Gasteiger partial charge is 0.451 e. The lowest BCUT2D eigenvalue weighted by atomic mass is 10.2. The van der Waals surface area contributed by atoms with E-state index in [1.54, 1.807) is 19.1 Å². The Morgan fingerprint density at radius 2 is 1.72 bits per heavy atom. The molecule has 25 heavy (non-hydrogen) atoms. The van der Waals surface area contributed by atoms with Crippen LogP contribution in [0.3, 0.4) is 0 Å². The molecule has 0 bridgehead atoms. The average molecular weight is 351 g/mol. The zero-order valence-electron chi connectivity index (χ0n) is 13.0. The van der Waals surface area contributed by atoms with Crippen molar-refractivity contribution in [3.8, 4) is 0 Å². The van der Waals surface area contributed by atoms with Gasteiger partial charge in [-0.25, -0.2) is 5.43 Å². The van der Waals surface area contributed by atoms with Crippen LogP contribution in [-0.4, -0.2) is 14.8 Å². The third-order valence-corrected chi connectivity index (χ3v) is 3.57.